The maximum atomic E-state index is 6.75. The van der Waals surface area contributed by atoms with Crippen LogP contribution in [0.3, 0.4) is 0 Å². The van der Waals surface area contributed by atoms with Crippen LogP contribution in [0.4, 0.5) is 0 Å². The summed E-state index contributed by atoms with van der Waals surface area (Å²) in [6, 6.07) is 11.4. The van der Waals surface area contributed by atoms with Crippen molar-refractivity contribution in [3.05, 3.63) is 143 Å². The van der Waals surface area contributed by atoms with Crippen molar-refractivity contribution < 1.29 is 34.1 Å². The summed E-state index contributed by atoms with van der Waals surface area (Å²) in [6.07, 6.45) is 22.1. The topological polar surface area (TPSA) is 224 Å². The molecule has 6 rings (SSSR count). The molecule has 0 aromatic carbocycles. The molecule has 6 aromatic rings. The minimum Gasteiger partial charge on any atom is -0.403 e. The average molecular weight is 637 g/mol. The molecule has 0 aliphatic carbocycles. The first kappa shape index (κ1) is 33.1. The van der Waals surface area contributed by atoms with Gasteiger partial charge in [-0.3, -0.25) is 9.82 Å². The quantitative estimate of drug-likeness (QED) is 0.114. The molecule has 0 amide bonds. The molecule has 0 fully saturated rings. The van der Waals surface area contributed by atoms with Crippen LogP contribution in [0.25, 0.3) is 31.9 Å². The van der Waals surface area contributed by atoms with E-state index in [0.717, 1.165) is 0 Å². The Bertz CT molecular complexity index is 1180. The number of nitrogens with zero attached hydrogens (tertiary/aromatic N) is 18. The van der Waals surface area contributed by atoms with Crippen LogP contribution in [0, 0.1) is 0 Å². The van der Waals surface area contributed by atoms with Gasteiger partial charge in [0, 0.05) is 37.2 Å². The molecule has 0 saturated carbocycles. The van der Waals surface area contributed by atoms with Gasteiger partial charge in [-0.15, -0.1) is 0 Å². The zero-order valence-electron chi connectivity index (χ0n) is 20.5. The molecule has 2 radical (unpaired) electrons. The molecule has 22 heteroatoms. The maximum absolute atomic E-state index is 6.75. The van der Waals surface area contributed by atoms with Crippen LogP contribution in [-0.4, -0.2) is 72.4 Å². The van der Waals surface area contributed by atoms with Gasteiger partial charge in [0.25, 0.3) is 0 Å². The molecule has 210 valence electrons. The van der Waals surface area contributed by atoms with E-state index in [0.29, 0.717) is 0 Å². The summed E-state index contributed by atoms with van der Waals surface area (Å²) in [5, 5.41) is 25.6. The normalized spacial score (nSPS) is 9.25. The van der Waals surface area contributed by atoms with Crippen LogP contribution in [0.2, 0.25) is 0 Å². The van der Waals surface area contributed by atoms with Gasteiger partial charge in [0.15, 0.2) is 0 Å². The van der Waals surface area contributed by atoms with Crippen molar-refractivity contribution in [2.24, 2.45) is 0 Å². The van der Waals surface area contributed by atoms with Gasteiger partial charge < -0.3 is 49.7 Å². The maximum Gasteiger partial charge on any atom is 2.00 e. The number of rotatable bonds is 6. The molecule has 0 aliphatic rings. The predicted octanol–water partition coefficient (Wildman–Crippen LogP) is 1.60. The van der Waals surface area contributed by atoms with Crippen LogP contribution in [-0.2, 0) is 34.1 Å². The van der Waals surface area contributed by atoms with Gasteiger partial charge in [-0.1, -0.05) is 0 Å². The summed E-state index contributed by atoms with van der Waals surface area (Å²) in [4.78, 5) is 3.00. The van der Waals surface area contributed by atoms with E-state index < -0.39 is 14.2 Å². The van der Waals surface area contributed by atoms with Gasteiger partial charge in [-0.2, -0.15) is 0 Å². The Kier molecular flexibility index (Phi) is 15.2. The van der Waals surface area contributed by atoms with Crippen LogP contribution >= 0.6 is 0 Å². The summed E-state index contributed by atoms with van der Waals surface area (Å²) in [6.45, 7) is 0. The fourth-order valence-corrected chi connectivity index (χ4v) is 3.70. The number of hydrogen-bond donors (Lipinski definition) is 0. The molecule has 0 bridgehead atoms. The molecule has 0 atom stereocenters. The molecule has 0 unspecified atom stereocenters. The largest absolute Gasteiger partial charge is 2.00 e. The van der Waals surface area contributed by atoms with Crippen molar-refractivity contribution in [3.63, 3.8) is 0 Å². The third kappa shape index (κ3) is 9.11. The van der Waals surface area contributed by atoms with Crippen molar-refractivity contribution >= 4 is 14.2 Å². The number of hydrogen-bond acceptors (Lipinski definition) is 6. The van der Waals surface area contributed by atoms with Crippen LogP contribution in [0.5, 0.6) is 0 Å². The Balaban J connectivity index is 0.000000322. The number of aromatic nitrogens is 12. The standard InChI is InChI=1S/2C9H10BN6.2Cu.2N3/c2*1-4-11-14(7-1)10(15-8-2-5-12-15)16-9-3-6-13-16;;;2*1-3-2/h2*1-10H;;;;/q2*-1;2*+2;2*-1. The van der Waals surface area contributed by atoms with E-state index in [4.69, 9.17) is 22.1 Å². The van der Waals surface area contributed by atoms with Gasteiger partial charge in [-0.25, -0.2) is 30.6 Å². The molecule has 0 saturated heterocycles. The summed E-state index contributed by atoms with van der Waals surface area (Å²) in [5.41, 5.74) is 27.0. The van der Waals surface area contributed by atoms with Gasteiger partial charge in [-0.05, 0) is 73.6 Å². The summed E-state index contributed by atoms with van der Waals surface area (Å²) >= 11 is 0. The second kappa shape index (κ2) is 18.3. The third-order valence-electron chi connectivity index (χ3n) is 5.09. The SMILES string of the molecule is [Cu+2].[Cu+2].[N-]=[N+]=[N-].[N-]=[N+]=[N-].c1cnn([BH-](n2cccn2)n2cccn2)c1.c1cnn([BH-](n2cccn2)n2cccn2)c1. The molecule has 6 aromatic heterocycles. The fourth-order valence-electron chi connectivity index (χ4n) is 3.70. The Hall–Kier alpha value is -4.95. The first-order chi connectivity index (χ1) is 18.7. The van der Waals surface area contributed by atoms with E-state index in [1.165, 1.54) is 9.82 Å². The summed E-state index contributed by atoms with van der Waals surface area (Å²) < 4.78 is 11.2. The van der Waals surface area contributed by atoms with E-state index in [-0.39, 0.29) is 34.1 Å². The van der Waals surface area contributed by atoms with Crippen molar-refractivity contribution in [3.8, 4) is 0 Å². The minimum atomic E-state index is -1.12. The Labute approximate surface area is 248 Å². The first-order valence-electron chi connectivity index (χ1n) is 11.0. The van der Waals surface area contributed by atoms with E-state index >= 15 is 0 Å². The molecule has 0 N–H and O–H groups in total. The summed E-state index contributed by atoms with van der Waals surface area (Å²) in [5.74, 6) is 0. The fraction of sp³-hybridized carbons (Fsp3) is 0. The van der Waals surface area contributed by atoms with Crippen LogP contribution in [0.1, 0.15) is 0 Å². The van der Waals surface area contributed by atoms with E-state index in [2.05, 4.69) is 30.6 Å². The molecule has 0 spiro atoms. The van der Waals surface area contributed by atoms with Crippen molar-refractivity contribution in [1.29, 1.82) is 0 Å². The second-order valence-corrected chi connectivity index (χ2v) is 7.30. The average Bonchev–Trinajstić information content (AvgIpc) is 3.76. The predicted molar refractivity (Wildman–Crippen MR) is 140 cm³/mol. The van der Waals surface area contributed by atoms with Crippen molar-refractivity contribution in [2.75, 3.05) is 0 Å². The monoisotopic (exact) mass is 636 g/mol. The molecule has 6 heterocycles. The smallest absolute Gasteiger partial charge is 0.403 e. The minimum absolute atomic E-state index is 0. The Morgan fingerprint density at radius 3 is 0.625 bits per heavy atom. The molecular formula is C18H20B2Cu2N18. The zero-order valence-corrected chi connectivity index (χ0v) is 22.3. The van der Waals surface area contributed by atoms with Gasteiger partial charge in [0.1, 0.15) is 0 Å². The van der Waals surface area contributed by atoms with Crippen molar-refractivity contribution in [1.82, 2.24) is 58.1 Å². The Morgan fingerprint density at radius 1 is 0.375 bits per heavy atom. The van der Waals surface area contributed by atoms with E-state index in [1.807, 2.05) is 101 Å². The molecule has 40 heavy (non-hydrogen) atoms. The van der Waals surface area contributed by atoms with Crippen LogP contribution < -0.4 is 0 Å². The molecule has 18 nitrogen and oxygen atoms in total. The first-order valence-corrected chi connectivity index (χ1v) is 11.0. The van der Waals surface area contributed by atoms with Crippen LogP contribution in [0.15, 0.2) is 111 Å². The van der Waals surface area contributed by atoms with E-state index in [1.54, 1.807) is 37.2 Å². The van der Waals surface area contributed by atoms with E-state index in [9.17, 15) is 0 Å². The summed E-state index contributed by atoms with van der Waals surface area (Å²) in [7, 11) is -2.25. The van der Waals surface area contributed by atoms with Gasteiger partial charge >= 0.3 is 48.4 Å². The van der Waals surface area contributed by atoms with Gasteiger partial charge in [0.05, 0.1) is 0 Å². The molecule has 0 aliphatic heterocycles. The Morgan fingerprint density at radius 2 is 0.525 bits per heavy atom. The third-order valence-corrected chi connectivity index (χ3v) is 5.09. The molecular weight excluding hydrogens is 617 g/mol. The van der Waals surface area contributed by atoms with Crippen molar-refractivity contribution in [2.45, 2.75) is 0 Å². The van der Waals surface area contributed by atoms with Gasteiger partial charge in [0.2, 0.25) is 0 Å². The second-order valence-electron chi connectivity index (χ2n) is 7.30. The zero-order chi connectivity index (χ0) is 27.0.